The van der Waals surface area contributed by atoms with E-state index >= 15 is 0 Å². The second-order valence-corrected chi connectivity index (χ2v) is 13.0. The summed E-state index contributed by atoms with van der Waals surface area (Å²) in [6.45, 7) is 4.60. The Morgan fingerprint density at radius 2 is 0.852 bits per heavy atom. The maximum Gasteiger partial charge on any atom is 0.372 e. The summed E-state index contributed by atoms with van der Waals surface area (Å²) >= 11 is 0. The highest BCUT2D eigenvalue weighted by molar-refractivity contribution is 6.36. The third kappa shape index (κ3) is 48.7. The van der Waals surface area contributed by atoms with Crippen molar-refractivity contribution in [2.24, 2.45) is 5.73 Å². The first kappa shape index (κ1) is 57.4. The number of methoxy groups -OCH3 is 2. The number of ketones is 2. The number of allylic oxidation sites excluding steroid dienone is 4. The topological polar surface area (TPSA) is 179 Å². The van der Waals surface area contributed by atoms with Crippen LogP contribution in [-0.2, 0) is 38.2 Å². The van der Waals surface area contributed by atoms with Crippen LogP contribution in [0.3, 0.4) is 0 Å². The van der Waals surface area contributed by atoms with E-state index in [0.29, 0.717) is 19.4 Å². The second-order valence-electron chi connectivity index (χ2n) is 13.0. The first-order valence-electron chi connectivity index (χ1n) is 20.3. The lowest BCUT2D eigenvalue weighted by atomic mass is 10.1. The van der Waals surface area contributed by atoms with Crippen molar-refractivity contribution in [2.45, 2.75) is 188 Å². The van der Waals surface area contributed by atoms with E-state index in [1.165, 1.54) is 105 Å². The molecule has 0 aliphatic carbocycles. The van der Waals surface area contributed by atoms with E-state index in [9.17, 15) is 28.8 Å². The standard InChI is InChI=1S/C21H37NO4.C17H33NO2.C4H6O3.CH4/c1-3-19(23)21(25)22-18-16-14-12-10-8-6-4-5-7-9-11-13-15-17-20(24)26-2;1-20-17(19)15-13-11-9-7-5-3-2-4-6-8-10-12-14-16-18;1-2-3(5)4(6)7;/h8,10H,3-7,9,11-18H2,1-2H3,(H,22,25);6,8H,2-5,7,9-16,18H2,1H3;2H2,1H3,(H,6,7);1H4/b10-8-;8-6-;;. The van der Waals surface area contributed by atoms with Crippen molar-refractivity contribution in [3.63, 3.8) is 0 Å². The van der Waals surface area contributed by atoms with Crippen molar-refractivity contribution in [1.82, 2.24) is 5.32 Å². The Morgan fingerprint density at radius 1 is 0.519 bits per heavy atom. The summed E-state index contributed by atoms with van der Waals surface area (Å²) in [6, 6.07) is 0. The van der Waals surface area contributed by atoms with Gasteiger partial charge in [0.15, 0.2) is 0 Å². The monoisotopic (exact) mass is 769 g/mol. The first-order valence-corrected chi connectivity index (χ1v) is 20.3. The van der Waals surface area contributed by atoms with E-state index in [1.54, 1.807) is 6.92 Å². The van der Waals surface area contributed by atoms with E-state index in [4.69, 9.17) is 10.8 Å². The van der Waals surface area contributed by atoms with Crippen molar-refractivity contribution in [1.29, 1.82) is 0 Å². The molecule has 1 amide bonds. The minimum absolute atomic E-state index is 0. The molecule has 0 aromatic carbocycles. The highest BCUT2D eigenvalue weighted by Gasteiger charge is 2.09. The number of carbonyl (C=O) groups excluding carboxylic acids is 5. The lowest BCUT2D eigenvalue weighted by molar-refractivity contribution is -0.148. The summed E-state index contributed by atoms with van der Waals surface area (Å²) in [5.74, 6) is -3.06. The predicted octanol–water partition coefficient (Wildman–Crippen LogP) is 9.53. The number of aliphatic carboxylic acids is 1. The molecule has 316 valence electrons. The zero-order valence-electron chi connectivity index (χ0n) is 33.9. The fourth-order valence-electron chi connectivity index (χ4n) is 4.91. The largest absolute Gasteiger partial charge is 0.476 e. The van der Waals surface area contributed by atoms with Crippen LogP contribution >= 0.6 is 0 Å². The molecule has 11 nitrogen and oxygen atoms in total. The number of carbonyl (C=O) groups is 6. The number of carboxylic acids is 1. The molecule has 54 heavy (non-hydrogen) atoms. The number of nitrogens with one attached hydrogen (secondary N) is 1. The molecule has 0 aliphatic heterocycles. The predicted molar refractivity (Wildman–Crippen MR) is 220 cm³/mol. The molecule has 0 unspecified atom stereocenters. The molecule has 0 saturated carbocycles. The summed E-state index contributed by atoms with van der Waals surface area (Å²) in [5, 5.41) is 10.5. The van der Waals surface area contributed by atoms with E-state index < -0.39 is 17.7 Å². The van der Waals surface area contributed by atoms with Gasteiger partial charge in [0.25, 0.3) is 5.91 Å². The fourth-order valence-corrected chi connectivity index (χ4v) is 4.91. The van der Waals surface area contributed by atoms with Gasteiger partial charge < -0.3 is 25.6 Å². The summed E-state index contributed by atoms with van der Waals surface area (Å²) in [7, 11) is 2.89. The Labute approximate surface area is 329 Å². The van der Waals surface area contributed by atoms with Crippen LogP contribution in [0.5, 0.6) is 0 Å². The maximum atomic E-state index is 11.3. The van der Waals surface area contributed by atoms with Gasteiger partial charge in [-0.3, -0.25) is 24.0 Å². The number of Topliss-reactive ketones (excluding diaryl/α,β-unsaturated/α-hetero) is 2. The van der Waals surface area contributed by atoms with Crippen molar-refractivity contribution in [3.05, 3.63) is 24.3 Å². The van der Waals surface area contributed by atoms with Crippen LogP contribution in [0.4, 0.5) is 0 Å². The summed E-state index contributed by atoms with van der Waals surface area (Å²) in [6.07, 6.45) is 36.2. The van der Waals surface area contributed by atoms with Gasteiger partial charge in [0, 0.05) is 32.2 Å². The van der Waals surface area contributed by atoms with Crippen LogP contribution in [0.1, 0.15) is 188 Å². The van der Waals surface area contributed by atoms with Gasteiger partial charge >= 0.3 is 17.9 Å². The zero-order chi connectivity index (χ0) is 40.2. The molecule has 0 saturated heterocycles. The van der Waals surface area contributed by atoms with Gasteiger partial charge in [0.1, 0.15) is 0 Å². The molecule has 0 heterocycles. The summed E-state index contributed by atoms with van der Waals surface area (Å²) in [4.78, 5) is 63.7. The smallest absolute Gasteiger partial charge is 0.372 e. The van der Waals surface area contributed by atoms with Crippen LogP contribution < -0.4 is 11.1 Å². The highest BCUT2D eigenvalue weighted by atomic mass is 16.5. The Bertz CT molecular complexity index is 980. The Kier molecular flexibility index (Phi) is 50.7. The number of hydrogen-bond donors (Lipinski definition) is 3. The number of carboxylic acid groups (broad SMARTS) is 1. The summed E-state index contributed by atoms with van der Waals surface area (Å²) in [5.41, 5.74) is 5.44. The minimum atomic E-state index is -1.34. The van der Waals surface area contributed by atoms with Crippen LogP contribution in [-0.4, -0.2) is 67.8 Å². The summed E-state index contributed by atoms with van der Waals surface area (Å²) < 4.78 is 9.23. The molecule has 0 aromatic heterocycles. The Hall–Kier alpha value is -3.34. The second kappa shape index (κ2) is 47.7. The first-order chi connectivity index (χ1) is 25.6. The number of esters is 2. The van der Waals surface area contributed by atoms with Crippen molar-refractivity contribution in [3.8, 4) is 0 Å². The van der Waals surface area contributed by atoms with Crippen molar-refractivity contribution < 1.29 is 43.3 Å². The Morgan fingerprint density at radius 3 is 1.17 bits per heavy atom. The number of unbranched alkanes of at least 4 members (excludes halogenated alkanes) is 18. The van der Waals surface area contributed by atoms with Gasteiger partial charge in [-0.25, -0.2) is 4.79 Å². The molecule has 0 radical (unpaired) electrons. The normalized spacial score (nSPS) is 10.4. The molecule has 4 N–H and O–H groups in total. The maximum absolute atomic E-state index is 11.3. The van der Waals surface area contributed by atoms with Crippen LogP contribution in [0.15, 0.2) is 24.3 Å². The lowest BCUT2D eigenvalue weighted by Crippen LogP contribution is -2.31. The molecule has 11 heteroatoms. The zero-order valence-corrected chi connectivity index (χ0v) is 33.9. The van der Waals surface area contributed by atoms with E-state index in [-0.39, 0.29) is 38.0 Å². The number of rotatable bonds is 33. The molecule has 0 bridgehead atoms. The van der Waals surface area contributed by atoms with Gasteiger partial charge in [0.2, 0.25) is 11.6 Å². The number of hydrogen-bond acceptors (Lipinski definition) is 9. The van der Waals surface area contributed by atoms with Crippen LogP contribution in [0, 0.1) is 0 Å². The third-order valence-corrected chi connectivity index (χ3v) is 8.33. The van der Waals surface area contributed by atoms with Gasteiger partial charge in [0.05, 0.1) is 14.2 Å². The van der Waals surface area contributed by atoms with E-state index in [2.05, 4.69) is 39.1 Å². The van der Waals surface area contributed by atoms with Gasteiger partial charge in [-0.05, 0) is 83.6 Å². The molecule has 0 aliphatic rings. The van der Waals surface area contributed by atoms with Gasteiger partial charge in [-0.1, -0.05) is 110 Å². The molecule has 0 aromatic rings. The number of ether oxygens (including phenoxy) is 2. The number of nitrogens with two attached hydrogens (primary N) is 1. The average Bonchev–Trinajstić information content (AvgIpc) is 3.17. The van der Waals surface area contributed by atoms with E-state index in [0.717, 1.165) is 64.3 Å². The quantitative estimate of drug-likeness (QED) is 0.0252. The SMILES string of the molecule is C.CCC(=O)C(=O)NCCCC/C=C\CCCCCCCCCC(=O)OC.CCC(=O)C(=O)O.COC(=O)CCCCCCCCC/C=C\CCCCN. The molecule has 0 fully saturated rings. The molecule has 0 rings (SSSR count). The molecular weight excluding hydrogens is 688 g/mol. The average molecular weight is 769 g/mol. The fraction of sp³-hybridized carbons (Fsp3) is 0.767. The lowest BCUT2D eigenvalue weighted by Gasteiger charge is -2.02. The third-order valence-electron chi connectivity index (χ3n) is 8.33. The van der Waals surface area contributed by atoms with Gasteiger partial charge in [-0.2, -0.15) is 0 Å². The molecular formula is C43H80N2O9. The van der Waals surface area contributed by atoms with Crippen LogP contribution in [0.2, 0.25) is 0 Å². The molecule has 0 atom stereocenters. The van der Waals surface area contributed by atoms with Gasteiger partial charge in [-0.15, -0.1) is 0 Å². The molecule has 0 spiro atoms. The minimum Gasteiger partial charge on any atom is -0.476 e. The number of amides is 1. The van der Waals surface area contributed by atoms with Crippen molar-refractivity contribution >= 4 is 35.4 Å². The Balaban J connectivity index is -0.000000395. The van der Waals surface area contributed by atoms with E-state index in [1.807, 2.05) is 0 Å². The highest BCUT2D eigenvalue weighted by Crippen LogP contribution is 2.12. The van der Waals surface area contributed by atoms with Crippen molar-refractivity contribution in [2.75, 3.05) is 27.3 Å². The van der Waals surface area contributed by atoms with Crippen LogP contribution in [0.25, 0.3) is 0 Å².